The highest BCUT2D eigenvalue weighted by Gasteiger charge is 1.86. The van der Waals surface area contributed by atoms with Gasteiger partial charge in [0.15, 0.2) is 0 Å². The van der Waals surface area contributed by atoms with Gasteiger partial charge in [-0.25, -0.2) is 0 Å². The molecule has 1 N–H and O–H groups in total. The first-order valence-electron chi connectivity index (χ1n) is 3.90. The van der Waals surface area contributed by atoms with Crippen LogP contribution in [0.25, 0.3) is 0 Å². The van der Waals surface area contributed by atoms with Gasteiger partial charge in [-0.3, -0.25) is 0 Å². The Morgan fingerprint density at radius 2 is 1.92 bits per heavy atom. The molecule has 0 saturated carbocycles. The highest BCUT2D eigenvalue weighted by molar-refractivity contribution is 5.48. The van der Waals surface area contributed by atoms with Crippen LogP contribution in [0.1, 0.15) is 18.9 Å². The molecule has 1 aromatic rings. The first-order valence-corrected chi connectivity index (χ1v) is 3.90. The van der Waals surface area contributed by atoms with E-state index in [1.165, 1.54) is 0 Å². The van der Waals surface area contributed by atoms with E-state index in [-0.39, 0.29) is 0 Å². The fourth-order valence-electron chi connectivity index (χ4n) is 0.563. The third-order valence-corrected chi connectivity index (χ3v) is 1.28. The normalized spacial score (nSPS) is 8.17. The first kappa shape index (κ1) is 10.7. The Hall–Kier alpha value is -1.31. The summed E-state index contributed by atoms with van der Waals surface area (Å²) < 4.78 is 0. The van der Waals surface area contributed by atoms with E-state index in [1.807, 2.05) is 32.0 Å². The van der Waals surface area contributed by atoms with E-state index in [0.29, 0.717) is 12.2 Å². The van der Waals surface area contributed by atoms with Crippen molar-refractivity contribution in [1.82, 2.24) is 0 Å². The number of carbonyl (C=O) groups excluding carboxylic acids is 1. The maximum atomic E-state index is 9.17. The second-order valence-electron chi connectivity index (χ2n) is 2.36. The van der Waals surface area contributed by atoms with Gasteiger partial charge in [-0.05, 0) is 18.6 Å². The van der Waals surface area contributed by atoms with Crippen molar-refractivity contribution in [1.29, 1.82) is 0 Å². The number of aromatic hydroxyl groups is 1. The highest BCUT2D eigenvalue weighted by Crippen LogP contribution is 2.12. The van der Waals surface area contributed by atoms with Crippen LogP contribution in [0.4, 0.5) is 0 Å². The lowest BCUT2D eigenvalue weighted by Crippen LogP contribution is -1.68. The van der Waals surface area contributed by atoms with Gasteiger partial charge < -0.3 is 9.90 Å². The molecule has 0 bridgehead atoms. The molecule has 2 nitrogen and oxygen atoms in total. The lowest BCUT2D eigenvalue weighted by atomic mass is 10.2. The minimum Gasteiger partial charge on any atom is -0.508 e. The second-order valence-corrected chi connectivity index (χ2v) is 2.36. The number of para-hydroxylation sites is 1. The van der Waals surface area contributed by atoms with Crippen molar-refractivity contribution in [3.05, 3.63) is 29.8 Å². The summed E-state index contributed by atoms with van der Waals surface area (Å²) in [7, 11) is 0. The molecule has 12 heavy (non-hydrogen) atoms. The Labute approximate surface area is 72.9 Å². The summed E-state index contributed by atoms with van der Waals surface area (Å²) in [4.78, 5) is 9.17. The van der Waals surface area contributed by atoms with Gasteiger partial charge in [-0.2, -0.15) is 0 Å². The minimum absolute atomic E-state index is 0.368. The van der Waals surface area contributed by atoms with Crippen molar-refractivity contribution >= 4 is 6.29 Å². The molecule has 0 amide bonds. The predicted molar refractivity (Wildman–Crippen MR) is 49.2 cm³/mol. The molecule has 1 rings (SSSR count). The number of aldehydes is 1. The Balaban J connectivity index is 0.000000261. The zero-order valence-corrected chi connectivity index (χ0v) is 7.45. The molecular formula is C10H14O2. The van der Waals surface area contributed by atoms with Gasteiger partial charge in [0.1, 0.15) is 12.0 Å². The molecule has 0 saturated heterocycles. The third kappa shape index (κ3) is 4.50. The fraction of sp³-hybridized carbons (Fsp3) is 0.300. The fourth-order valence-corrected chi connectivity index (χ4v) is 0.563. The molecular weight excluding hydrogens is 152 g/mol. The zero-order chi connectivity index (χ0) is 9.40. The third-order valence-electron chi connectivity index (χ3n) is 1.28. The van der Waals surface area contributed by atoms with Crippen molar-refractivity contribution in [2.24, 2.45) is 0 Å². The molecule has 0 atom stereocenters. The first-order chi connectivity index (χ1) is 5.72. The number of aryl methyl sites for hydroxylation is 1. The van der Waals surface area contributed by atoms with E-state index >= 15 is 0 Å². The van der Waals surface area contributed by atoms with Crippen molar-refractivity contribution in [3.63, 3.8) is 0 Å². The molecule has 0 spiro atoms. The van der Waals surface area contributed by atoms with Gasteiger partial charge in [0.2, 0.25) is 0 Å². The summed E-state index contributed by atoms with van der Waals surface area (Å²) in [6.45, 7) is 3.68. The summed E-state index contributed by atoms with van der Waals surface area (Å²) in [5.41, 5.74) is 0.924. The van der Waals surface area contributed by atoms with Crippen LogP contribution in [-0.2, 0) is 4.79 Å². The number of phenolic OH excluding ortho intramolecular Hbond substituents is 1. The molecule has 2 heteroatoms. The van der Waals surface area contributed by atoms with Gasteiger partial charge in [-0.15, -0.1) is 0 Å². The van der Waals surface area contributed by atoms with Gasteiger partial charge in [0.25, 0.3) is 0 Å². The van der Waals surface area contributed by atoms with Crippen molar-refractivity contribution in [3.8, 4) is 5.75 Å². The summed E-state index contributed by atoms with van der Waals surface area (Å²) in [5, 5.41) is 8.92. The minimum atomic E-state index is 0.368. The second kappa shape index (κ2) is 6.40. The van der Waals surface area contributed by atoms with Gasteiger partial charge in [-0.1, -0.05) is 25.1 Å². The summed E-state index contributed by atoms with van der Waals surface area (Å²) in [6.07, 6.45) is 1.51. The summed E-state index contributed by atoms with van der Waals surface area (Å²) in [6, 6.07) is 7.25. The van der Waals surface area contributed by atoms with E-state index in [2.05, 4.69) is 0 Å². The van der Waals surface area contributed by atoms with Gasteiger partial charge in [0.05, 0.1) is 0 Å². The van der Waals surface area contributed by atoms with Crippen molar-refractivity contribution in [2.45, 2.75) is 20.3 Å². The number of carbonyl (C=O) groups is 1. The van der Waals surface area contributed by atoms with Crippen LogP contribution in [0.15, 0.2) is 24.3 Å². The average Bonchev–Trinajstić information content (AvgIpc) is 2.11. The molecule has 0 heterocycles. The molecule has 0 aliphatic heterocycles. The molecule has 0 fully saturated rings. The predicted octanol–water partition coefficient (Wildman–Crippen LogP) is 2.30. The van der Waals surface area contributed by atoms with E-state index < -0.39 is 0 Å². The Kier molecular flexibility index (Phi) is 5.70. The van der Waals surface area contributed by atoms with Crippen LogP contribution in [0, 0.1) is 6.92 Å². The molecule has 66 valence electrons. The largest absolute Gasteiger partial charge is 0.508 e. The maximum Gasteiger partial charge on any atom is 0.119 e. The Bertz CT molecular complexity index is 210. The van der Waals surface area contributed by atoms with Crippen LogP contribution < -0.4 is 0 Å². The number of benzene rings is 1. The van der Waals surface area contributed by atoms with Crippen molar-refractivity contribution < 1.29 is 9.90 Å². The van der Waals surface area contributed by atoms with Crippen LogP contribution >= 0.6 is 0 Å². The molecule has 0 aromatic heterocycles. The topological polar surface area (TPSA) is 37.3 Å². The standard InChI is InChI=1S/C7H8O.C3H6O/c1-6-4-2-3-5-7(6)8;1-2-3-4/h2-5,8H,1H3;3H,2H2,1H3. The van der Waals surface area contributed by atoms with E-state index in [0.717, 1.165) is 11.8 Å². The lowest BCUT2D eigenvalue weighted by molar-refractivity contribution is -0.107. The molecule has 0 aliphatic rings. The quantitative estimate of drug-likeness (QED) is 0.650. The Morgan fingerprint density at radius 3 is 2.17 bits per heavy atom. The highest BCUT2D eigenvalue weighted by atomic mass is 16.3. The smallest absolute Gasteiger partial charge is 0.119 e. The van der Waals surface area contributed by atoms with Crippen molar-refractivity contribution in [2.75, 3.05) is 0 Å². The average molecular weight is 166 g/mol. The summed E-state index contributed by atoms with van der Waals surface area (Å²) in [5.74, 6) is 0.368. The molecule has 0 aliphatic carbocycles. The summed E-state index contributed by atoms with van der Waals surface area (Å²) >= 11 is 0. The lowest BCUT2D eigenvalue weighted by Gasteiger charge is -1.92. The van der Waals surface area contributed by atoms with Crippen LogP contribution in [0.5, 0.6) is 5.75 Å². The Morgan fingerprint density at radius 1 is 1.42 bits per heavy atom. The molecule has 0 radical (unpaired) electrons. The van der Waals surface area contributed by atoms with E-state index in [9.17, 15) is 4.79 Å². The zero-order valence-electron chi connectivity index (χ0n) is 7.45. The SMILES string of the molecule is CCC=O.Cc1ccccc1O. The van der Waals surface area contributed by atoms with Crippen LogP contribution in [0.2, 0.25) is 0 Å². The molecule has 1 aromatic carbocycles. The number of hydrogen-bond acceptors (Lipinski definition) is 2. The number of phenols is 1. The van der Waals surface area contributed by atoms with E-state index in [4.69, 9.17) is 5.11 Å². The maximum absolute atomic E-state index is 9.17. The van der Waals surface area contributed by atoms with Crippen LogP contribution in [-0.4, -0.2) is 11.4 Å². The van der Waals surface area contributed by atoms with Crippen LogP contribution in [0.3, 0.4) is 0 Å². The van der Waals surface area contributed by atoms with E-state index in [1.54, 1.807) is 6.07 Å². The number of hydrogen-bond donors (Lipinski definition) is 1. The van der Waals surface area contributed by atoms with Gasteiger partial charge >= 0.3 is 0 Å². The molecule has 0 unspecified atom stereocenters. The van der Waals surface area contributed by atoms with Gasteiger partial charge in [0, 0.05) is 6.42 Å². The monoisotopic (exact) mass is 166 g/mol. The number of rotatable bonds is 1.